The first kappa shape index (κ1) is 12.0. The monoisotopic (exact) mass is 195 g/mol. The molecule has 1 aromatic rings. The first-order chi connectivity index (χ1) is 6.00. The van der Waals surface area contributed by atoms with Gasteiger partial charge in [-0.3, -0.25) is 0 Å². The van der Waals surface area contributed by atoms with Gasteiger partial charge in [-0.1, -0.05) is 44.5 Å². The fourth-order valence-corrected chi connectivity index (χ4v) is 1.15. The van der Waals surface area contributed by atoms with E-state index in [1.165, 1.54) is 5.56 Å². The molecule has 0 aliphatic rings. The number of hydrogen-bond acceptors (Lipinski definition) is 1. The van der Waals surface area contributed by atoms with E-state index in [4.69, 9.17) is 16.9 Å². The molecule has 0 fully saturated rings. The molecule has 1 aromatic carbocycles. The van der Waals surface area contributed by atoms with Crippen molar-refractivity contribution in [1.29, 1.82) is 5.26 Å². The molecule has 13 heavy (non-hydrogen) atoms. The highest BCUT2D eigenvalue weighted by Crippen LogP contribution is 2.24. The fourth-order valence-electron chi connectivity index (χ4n) is 0.955. The zero-order valence-corrected chi connectivity index (χ0v) is 8.97. The molecule has 0 bridgehead atoms. The van der Waals surface area contributed by atoms with E-state index in [1.54, 1.807) is 0 Å². The van der Waals surface area contributed by atoms with Crippen LogP contribution < -0.4 is 0 Å². The van der Waals surface area contributed by atoms with Crippen LogP contribution in [0, 0.1) is 11.8 Å². The van der Waals surface area contributed by atoms with E-state index in [0.717, 1.165) is 5.02 Å². The van der Waals surface area contributed by atoms with E-state index in [9.17, 15) is 0 Å². The Hall–Kier alpha value is -1.00. The molecule has 2 heteroatoms. The molecule has 0 spiro atoms. The van der Waals surface area contributed by atoms with E-state index >= 15 is 0 Å². The van der Waals surface area contributed by atoms with Crippen LogP contribution in [0.3, 0.4) is 0 Å². The van der Waals surface area contributed by atoms with Gasteiger partial charge in [0.15, 0.2) is 0 Å². The summed E-state index contributed by atoms with van der Waals surface area (Å²) in [6, 6.07) is 8.01. The van der Waals surface area contributed by atoms with Gasteiger partial charge in [0.1, 0.15) is 0 Å². The van der Waals surface area contributed by atoms with Gasteiger partial charge in [-0.25, -0.2) is 5.26 Å². The Morgan fingerprint density at radius 2 is 1.77 bits per heavy atom. The lowest BCUT2D eigenvalue weighted by molar-refractivity contribution is 0.590. The minimum absolute atomic E-state index is 0.199. The zero-order chi connectivity index (χ0) is 10.5. The maximum absolute atomic E-state index is 6.50. The van der Waals surface area contributed by atoms with Crippen molar-refractivity contribution in [3.8, 4) is 6.57 Å². The van der Waals surface area contributed by atoms with Gasteiger partial charge < -0.3 is 0 Å². The molecule has 70 valence electrons. The van der Waals surface area contributed by atoms with Crippen LogP contribution in [0.25, 0.3) is 0 Å². The van der Waals surface area contributed by atoms with Gasteiger partial charge in [-0.15, -0.1) is 0 Å². The zero-order valence-electron chi connectivity index (χ0n) is 8.21. The predicted molar refractivity (Wildman–Crippen MR) is 56.8 cm³/mol. The Bertz CT molecular complexity index is 284. The number of halogens is 1. The van der Waals surface area contributed by atoms with Crippen molar-refractivity contribution >= 4 is 11.6 Å². The smallest absolute Gasteiger partial charge is 0.0462 e. The molecule has 0 saturated carbocycles. The van der Waals surface area contributed by atoms with Crippen LogP contribution in [-0.2, 0) is 5.41 Å². The summed E-state index contributed by atoms with van der Waals surface area (Å²) >= 11 is 5.85. The van der Waals surface area contributed by atoms with Crippen molar-refractivity contribution in [3.63, 3.8) is 0 Å². The van der Waals surface area contributed by atoms with Crippen molar-refractivity contribution in [2.75, 3.05) is 0 Å². The largest absolute Gasteiger partial charge is 0.202 e. The van der Waals surface area contributed by atoms with Crippen molar-refractivity contribution in [2.24, 2.45) is 0 Å². The number of nitriles is 1. The standard InChI is InChI=1S/C10H13Cl.CHN/c1-10(2,3)8-5-4-6-9(11)7-8;1-2/h4-7H,1-3H3;1H. The van der Waals surface area contributed by atoms with Gasteiger partial charge in [0.05, 0.1) is 0 Å². The van der Waals surface area contributed by atoms with E-state index < -0.39 is 0 Å². The normalized spacial score (nSPS) is 10.0. The van der Waals surface area contributed by atoms with Gasteiger partial charge in [-0.05, 0) is 23.1 Å². The van der Waals surface area contributed by atoms with Crippen molar-refractivity contribution in [3.05, 3.63) is 34.9 Å². The van der Waals surface area contributed by atoms with Gasteiger partial charge in [0.2, 0.25) is 0 Å². The molecule has 0 aromatic heterocycles. The summed E-state index contributed by atoms with van der Waals surface area (Å²) < 4.78 is 0. The molecular formula is C11H14ClN. The molecule has 0 saturated heterocycles. The SMILES string of the molecule is C#N.CC(C)(C)c1cccc(Cl)c1. The van der Waals surface area contributed by atoms with Crippen LogP contribution >= 0.6 is 11.6 Å². The summed E-state index contributed by atoms with van der Waals surface area (Å²) in [5, 5.41) is 7.32. The molecule has 0 N–H and O–H groups in total. The summed E-state index contributed by atoms with van der Waals surface area (Å²) in [6.45, 7) is 10.0. The van der Waals surface area contributed by atoms with Crippen LogP contribution in [-0.4, -0.2) is 0 Å². The number of benzene rings is 1. The second-order valence-corrected chi connectivity index (χ2v) is 4.20. The van der Waals surface area contributed by atoms with E-state index in [-0.39, 0.29) is 5.41 Å². The quantitative estimate of drug-likeness (QED) is 0.618. The van der Waals surface area contributed by atoms with Crippen molar-refractivity contribution < 1.29 is 0 Å². The lowest BCUT2D eigenvalue weighted by Gasteiger charge is -2.18. The predicted octanol–water partition coefficient (Wildman–Crippen LogP) is 3.78. The molecule has 0 atom stereocenters. The second kappa shape index (κ2) is 4.89. The van der Waals surface area contributed by atoms with E-state index in [2.05, 4.69) is 33.4 Å². The molecule has 0 aliphatic heterocycles. The number of rotatable bonds is 0. The summed E-state index contributed by atoms with van der Waals surface area (Å²) in [5.41, 5.74) is 1.48. The van der Waals surface area contributed by atoms with Crippen LogP contribution in [0.15, 0.2) is 24.3 Å². The summed E-state index contributed by atoms with van der Waals surface area (Å²) in [7, 11) is 0. The third-order valence-corrected chi connectivity index (χ3v) is 1.93. The highest BCUT2D eigenvalue weighted by atomic mass is 35.5. The summed E-state index contributed by atoms with van der Waals surface area (Å²) in [4.78, 5) is 0. The van der Waals surface area contributed by atoms with Gasteiger partial charge in [0, 0.05) is 11.6 Å². The average Bonchev–Trinajstić information content (AvgIpc) is 2.06. The Labute approximate surface area is 85.0 Å². The molecule has 0 amide bonds. The Kier molecular flexibility index (Phi) is 4.51. The van der Waals surface area contributed by atoms with Crippen LogP contribution in [0.5, 0.6) is 0 Å². The third-order valence-electron chi connectivity index (χ3n) is 1.69. The van der Waals surface area contributed by atoms with Crippen LogP contribution in [0.4, 0.5) is 0 Å². The van der Waals surface area contributed by atoms with Crippen molar-refractivity contribution in [2.45, 2.75) is 26.2 Å². The Balaban J connectivity index is 0.000000671. The molecule has 0 aliphatic carbocycles. The highest BCUT2D eigenvalue weighted by molar-refractivity contribution is 6.30. The molecule has 1 rings (SSSR count). The number of hydrogen-bond donors (Lipinski definition) is 0. The molecule has 0 unspecified atom stereocenters. The fraction of sp³-hybridized carbons (Fsp3) is 0.364. The van der Waals surface area contributed by atoms with Crippen LogP contribution in [0.2, 0.25) is 5.02 Å². The van der Waals surface area contributed by atoms with E-state index in [1.807, 2.05) is 18.2 Å². The molecular weight excluding hydrogens is 182 g/mol. The molecule has 0 heterocycles. The topological polar surface area (TPSA) is 23.8 Å². The number of nitrogens with zero attached hydrogens (tertiary/aromatic N) is 1. The van der Waals surface area contributed by atoms with Gasteiger partial charge >= 0.3 is 0 Å². The van der Waals surface area contributed by atoms with Crippen LogP contribution in [0.1, 0.15) is 26.3 Å². The first-order valence-electron chi connectivity index (χ1n) is 4.02. The highest BCUT2D eigenvalue weighted by Gasteiger charge is 2.12. The van der Waals surface area contributed by atoms with E-state index in [0.29, 0.717) is 0 Å². The Morgan fingerprint density at radius 3 is 2.08 bits per heavy atom. The Morgan fingerprint density at radius 1 is 1.23 bits per heavy atom. The van der Waals surface area contributed by atoms with Gasteiger partial charge in [-0.2, -0.15) is 0 Å². The minimum atomic E-state index is 0.199. The minimum Gasteiger partial charge on any atom is -0.202 e. The molecule has 0 radical (unpaired) electrons. The lowest BCUT2D eigenvalue weighted by Crippen LogP contribution is -2.10. The first-order valence-corrected chi connectivity index (χ1v) is 4.40. The summed E-state index contributed by atoms with van der Waals surface area (Å²) in [6.07, 6.45) is 0. The maximum atomic E-state index is 6.50. The van der Waals surface area contributed by atoms with Crippen molar-refractivity contribution in [1.82, 2.24) is 0 Å². The maximum Gasteiger partial charge on any atom is 0.0462 e. The van der Waals surface area contributed by atoms with Gasteiger partial charge in [0.25, 0.3) is 0 Å². The average molecular weight is 196 g/mol. The third kappa shape index (κ3) is 3.96. The summed E-state index contributed by atoms with van der Waals surface area (Å²) in [5.74, 6) is 0. The lowest BCUT2D eigenvalue weighted by atomic mass is 9.87. The molecule has 1 nitrogen and oxygen atoms in total. The second-order valence-electron chi connectivity index (χ2n) is 3.76.